The summed E-state index contributed by atoms with van der Waals surface area (Å²) in [5.74, 6) is 1.14. The molecule has 0 radical (unpaired) electrons. The first kappa shape index (κ1) is 11.3. The zero-order valence-electron chi connectivity index (χ0n) is 8.50. The standard InChI is InChI=1S/C11H15BrN2S/c12-9-4-1-5-10-11(9)14-8(7-15-10)3-2-6-13/h1,4-5,8,14H,2-3,6-7,13H2. The van der Waals surface area contributed by atoms with Crippen LogP contribution in [0.3, 0.4) is 0 Å². The van der Waals surface area contributed by atoms with Crippen LogP contribution >= 0.6 is 27.7 Å². The number of thioether (sulfide) groups is 1. The van der Waals surface area contributed by atoms with Crippen molar-refractivity contribution >= 4 is 33.4 Å². The molecular formula is C11H15BrN2S. The summed E-state index contributed by atoms with van der Waals surface area (Å²) in [6, 6.07) is 6.89. The van der Waals surface area contributed by atoms with E-state index in [9.17, 15) is 0 Å². The molecule has 82 valence electrons. The molecule has 1 atom stereocenters. The molecule has 3 N–H and O–H groups in total. The highest BCUT2D eigenvalue weighted by Gasteiger charge is 2.19. The van der Waals surface area contributed by atoms with Crippen LogP contribution in [0.4, 0.5) is 5.69 Å². The number of hydrogen-bond acceptors (Lipinski definition) is 3. The molecule has 1 aromatic carbocycles. The Morgan fingerprint density at radius 2 is 2.40 bits per heavy atom. The Kier molecular flexibility index (Phi) is 3.94. The van der Waals surface area contributed by atoms with Gasteiger partial charge < -0.3 is 11.1 Å². The van der Waals surface area contributed by atoms with Crippen molar-refractivity contribution in [1.29, 1.82) is 0 Å². The van der Waals surface area contributed by atoms with Gasteiger partial charge in [-0.15, -0.1) is 11.8 Å². The molecule has 0 aromatic heterocycles. The number of nitrogens with two attached hydrogens (primary N) is 1. The number of para-hydroxylation sites is 1. The highest BCUT2D eigenvalue weighted by atomic mass is 79.9. The molecule has 4 heteroatoms. The summed E-state index contributed by atoms with van der Waals surface area (Å²) in [7, 11) is 0. The molecule has 2 nitrogen and oxygen atoms in total. The molecule has 0 aliphatic carbocycles. The fraction of sp³-hybridized carbons (Fsp3) is 0.455. The SMILES string of the molecule is NCCCC1CSc2cccc(Br)c2N1. The molecule has 0 spiro atoms. The average molecular weight is 287 g/mol. The van der Waals surface area contributed by atoms with Gasteiger partial charge in [-0.2, -0.15) is 0 Å². The molecule has 1 aliphatic rings. The molecule has 2 rings (SSSR count). The highest BCUT2D eigenvalue weighted by molar-refractivity contribution is 9.10. The van der Waals surface area contributed by atoms with E-state index in [0.29, 0.717) is 6.04 Å². The molecule has 0 saturated carbocycles. The van der Waals surface area contributed by atoms with E-state index >= 15 is 0 Å². The topological polar surface area (TPSA) is 38.0 Å². The maximum absolute atomic E-state index is 5.53. The fourth-order valence-electron chi connectivity index (χ4n) is 1.72. The second-order valence-electron chi connectivity index (χ2n) is 3.70. The largest absolute Gasteiger partial charge is 0.380 e. The lowest BCUT2D eigenvalue weighted by Crippen LogP contribution is -2.26. The number of benzene rings is 1. The number of fused-ring (bicyclic) bond motifs is 1. The summed E-state index contributed by atoms with van der Waals surface area (Å²) >= 11 is 5.51. The minimum Gasteiger partial charge on any atom is -0.380 e. The van der Waals surface area contributed by atoms with Crippen molar-refractivity contribution in [2.24, 2.45) is 5.73 Å². The summed E-state index contributed by atoms with van der Waals surface area (Å²) < 4.78 is 1.16. The molecule has 0 saturated heterocycles. The Bertz CT molecular complexity index is 343. The van der Waals surface area contributed by atoms with Gasteiger partial charge in [-0.3, -0.25) is 0 Å². The Morgan fingerprint density at radius 1 is 1.53 bits per heavy atom. The third-order valence-corrected chi connectivity index (χ3v) is 4.40. The zero-order chi connectivity index (χ0) is 10.7. The van der Waals surface area contributed by atoms with Gasteiger partial charge in [-0.05, 0) is 47.4 Å². The molecule has 1 aromatic rings. The van der Waals surface area contributed by atoms with Crippen LogP contribution in [0.1, 0.15) is 12.8 Å². The molecule has 0 bridgehead atoms. The number of halogens is 1. The summed E-state index contributed by atoms with van der Waals surface area (Å²) in [5, 5.41) is 3.58. The molecular weight excluding hydrogens is 272 g/mol. The summed E-state index contributed by atoms with van der Waals surface area (Å²) in [5.41, 5.74) is 6.77. The molecule has 0 amide bonds. The summed E-state index contributed by atoms with van der Waals surface area (Å²) in [4.78, 5) is 1.34. The third kappa shape index (κ3) is 2.68. The van der Waals surface area contributed by atoms with E-state index in [2.05, 4.69) is 39.4 Å². The maximum Gasteiger partial charge on any atom is 0.0625 e. The van der Waals surface area contributed by atoms with Gasteiger partial charge in [0.2, 0.25) is 0 Å². The lowest BCUT2D eigenvalue weighted by Gasteiger charge is -2.27. The van der Waals surface area contributed by atoms with Gasteiger partial charge in [0.1, 0.15) is 0 Å². The molecule has 1 heterocycles. The van der Waals surface area contributed by atoms with Crippen molar-refractivity contribution < 1.29 is 0 Å². The predicted octanol–water partition coefficient (Wildman–Crippen LogP) is 3.07. The third-order valence-electron chi connectivity index (χ3n) is 2.52. The average Bonchev–Trinajstić information content (AvgIpc) is 2.27. The van der Waals surface area contributed by atoms with Gasteiger partial charge in [0.15, 0.2) is 0 Å². The molecule has 15 heavy (non-hydrogen) atoms. The smallest absolute Gasteiger partial charge is 0.0625 e. The molecule has 1 unspecified atom stereocenters. The minimum atomic E-state index is 0.560. The van der Waals surface area contributed by atoms with Crippen molar-refractivity contribution in [3.8, 4) is 0 Å². The quantitative estimate of drug-likeness (QED) is 0.897. The Labute approximate surface area is 103 Å². The van der Waals surface area contributed by atoms with Crippen molar-refractivity contribution in [2.45, 2.75) is 23.8 Å². The van der Waals surface area contributed by atoms with Crippen molar-refractivity contribution in [2.75, 3.05) is 17.6 Å². The van der Waals surface area contributed by atoms with Crippen LogP contribution in [0.25, 0.3) is 0 Å². The van der Waals surface area contributed by atoms with E-state index in [4.69, 9.17) is 5.73 Å². The lowest BCUT2D eigenvalue weighted by molar-refractivity contribution is 0.664. The lowest BCUT2D eigenvalue weighted by atomic mass is 10.1. The van der Waals surface area contributed by atoms with Crippen LogP contribution in [0.5, 0.6) is 0 Å². The van der Waals surface area contributed by atoms with E-state index in [-0.39, 0.29) is 0 Å². The number of hydrogen-bond donors (Lipinski definition) is 2. The van der Waals surface area contributed by atoms with Crippen LogP contribution in [-0.4, -0.2) is 18.3 Å². The van der Waals surface area contributed by atoms with Gasteiger partial charge in [-0.25, -0.2) is 0 Å². The molecule has 0 fully saturated rings. The predicted molar refractivity (Wildman–Crippen MR) is 70.6 cm³/mol. The van der Waals surface area contributed by atoms with Gasteiger partial charge >= 0.3 is 0 Å². The Hall–Kier alpha value is -0.190. The van der Waals surface area contributed by atoms with E-state index in [1.807, 2.05) is 11.8 Å². The van der Waals surface area contributed by atoms with Gasteiger partial charge in [0.05, 0.1) is 5.69 Å². The van der Waals surface area contributed by atoms with Crippen molar-refractivity contribution in [3.05, 3.63) is 22.7 Å². The second-order valence-corrected chi connectivity index (χ2v) is 5.61. The summed E-state index contributed by atoms with van der Waals surface area (Å²) in [6.07, 6.45) is 2.25. The van der Waals surface area contributed by atoms with Gasteiger partial charge in [0, 0.05) is 21.2 Å². The second kappa shape index (κ2) is 5.23. The zero-order valence-corrected chi connectivity index (χ0v) is 10.9. The van der Waals surface area contributed by atoms with Crippen molar-refractivity contribution in [3.63, 3.8) is 0 Å². The number of nitrogens with one attached hydrogen (secondary N) is 1. The first-order chi connectivity index (χ1) is 7.31. The maximum atomic E-state index is 5.53. The number of anilines is 1. The highest BCUT2D eigenvalue weighted by Crippen LogP contribution is 2.38. The summed E-state index contributed by atoms with van der Waals surface area (Å²) in [6.45, 7) is 0.783. The van der Waals surface area contributed by atoms with Crippen LogP contribution < -0.4 is 11.1 Å². The van der Waals surface area contributed by atoms with E-state index < -0.39 is 0 Å². The van der Waals surface area contributed by atoms with Crippen LogP contribution in [0.15, 0.2) is 27.6 Å². The van der Waals surface area contributed by atoms with Gasteiger partial charge in [0.25, 0.3) is 0 Å². The van der Waals surface area contributed by atoms with E-state index in [1.54, 1.807) is 0 Å². The Morgan fingerprint density at radius 3 is 3.20 bits per heavy atom. The minimum absolute atomic E-state index is 0.560. The van der Waals surface area contributed by atoms with E-state index in [1.165, 1.54) is 10.6 Å². The molecule has 1 aliphatic heterocycles. The fourth-order valence-corrected chi connectivity index (χ4v) is 3.45. The van der Waals surface area contributed by atoms with Crippen molar-refractivity contribution in [1.82, 2.24) is 0 Å². The number of rotatable bonds is 3. The van der Waals surface area contributed by atoms with Crippen LogP contribution in [0, 0.1) is 0 Å². The van der Waals surface area contributed by atoms with E-state index in [0.717, 1.165) is 29.6 Å². The van der Waals surface area contributed by atoms with Crippen LogP contribution in [-0.2, 0) is 0 Å². The first-order valence-electron chi connectivity index (χ1n) is 5.19. The normalized spacial score (nSPS) is 19.5. The van der Waals surface area contributed by atoms with Crippen LogP contribution in [0.2, 0.25) is 0 Å². The first-order valence-corrected chi connectivity index (χ1v) is 6.97. The van der Waals surface area contributed by atoms with Gasteiger partial charge in [-0.1, -0.05) is 6.07 Å². The Balaban J connectivity index is 2.08. The monoisotopic (exact) mass is 286 g/mol.